The molecule has 70 valence electrons. The van der Waals surface area contributed by atoms with E-state index in [2.05, 4.69) is 9.97 Å². The number of nitrogen functional groups attached to an aromatic ring is 1. The minimum atomic E-state index is -0.541. The second-order valence-electron chi connectivity index (χ2n) is 2.74. The van der Waals surface area contributed by atoms with Crippen LogP contribution in [0.15, 0.2) is 12.4 Å². The number of carbonyl (C=O) groups is 1. The maximum atomic E-state index is 11.3. The molecule has 1 aromatic rings. The molecule has 1 aromatic heterocycles. The molecule has 0 amide bonds. The topological polar surface area (TPSA) is 78.1 Å². The summed E-state index contributed by atoms with van der Waals surface area (Å²) < 4.78 is 4.90. The molecule has 0 aliphatic carbocycles. The Balaban J connectivity index is 2.83. The zero-order chi connectivity index (χ0) is 9.84. The summed E-state index contributed by atoms with van der Waals surface area (Å²) in [5.74, 6) is -0.450. The van der Waals surface area contributed by atoms with Crippen molar-refractivity contribution in [3.8, 4) is 0 Å². The largest absolute Gasteiger partial charge is 0.458 e. The Labute approximate surface area is 75.9 Å². The number of carbonyl (C=O) groups excluding carboxylic acids is 1. The fourth-order valence-corrected chi connectivity index (χ4v) is 0.776. The van der Waals surface area contributed by atoms with Crippen molar-refractivity contribution in [1.82, 2.24) is 9.97 Å². The van der Waals surface area contributed by atoms with E-state index in [0.717, 1.165) is 0 Å². The second-order valence-corrected chi connectivity index (χ2v) is 2.74. The molecule has 1 rings (SSSR count). The maximum Gasteiger partial charge on any atom is 0.361 e. The van der Waals surface area contributed by atoms with Crippen LogP contribution in [-0.2, 0) is 4.74 Å². The van der Waals surface area contributed by atoms with E-state index in [1.807, 2.05) is 0 Å². The fraction of sp³-hybridized carbons (Fsp3) is 0.375. The molecular weight excluding hydrogens is 170 g/mol. The Morgan fingerprint density at radius 1 is 1.46 bits per heavy atom. The first-order valence-electron chi connectivity index (χ1n) is 3.88. The Kier molecular flexibility index (Phi) is 2.79. The van der Waals surface area contributed by atoms with E-state index in [1.54, 1.807) is 13.8 Å². The van der Waals surface area contributed by atoms with Gasteiger partial charge in [0.05, 0.1) is 6.10 Å². The van der Waals surface area contributed by atoms with Gasteiger partial charge >= 0.3 is 5.97 Å². The number of anilines is 1. The van der Waals surface area contributed by atoms with Gasteiger partial charge < -0.3 is 10.5 Å². The van der Waals surface area contributed by atoms with E-state index >= 15 is 0 Å². The van der Waals surface area contributed by atoms with Crippen LogP contribution < -0.4 is 5.73 Å². The lowest BCUT2D eigenvalue weighted by molar-refractivity contribution is 0.0372. The van der Waals surface area contributed by atoms with Crippen LogP contribution in [0.4, 0.5) is 5.82 Å². The molecule has 0 saturated carbocycles. The molecule has 0 saturated heterocycles. The highest BCUT2D eigenvalue weighted by Crippen LogP contribution is 2.06. The van der Waals surface area contributed by atoms with Gasteiger partial charge in [0.2, 0.25) is 0 Å². The number of rotatable bonds is 2. The van der Waals surface area contributed by atoms with Crippen molar-refractivity contribution in [2.75, 3.05) is 5.73 Å². The number of nitrogens with zero attached hydrogens (tertiary/aromatic N) is 2. The lowest BCUT2D eigenvalue weighted by Gasteiger charge is -2.07. The van der Waals surface area contributed by atoms with Crippen LogP contribution in [-0.4, -0.2) is 22.0 Å². The number of esters is 1. The first-order valence-corrected chi connectivity index (χ1v) is 3.88. The molecular formula is C8H11N3O2. The summed E-state index contributed by atoms with van der Waals surface area (Å²) in [5, 5.41) is 0. The molecule has 0 fully saturated rings. The monoisotopic (exact) mass is 181 g/mol. The highest BCUT2D eigenvalue weighted by atomic mass is 16.5. The van der Waals surface area contributed by atoms with Gasteiger partial charge in [-0.3, -0.25) is 0 Å². The number of ether oxygens (including phenoxy) is 1. The van der Waals surface area contributed by atoms with Gasteiger partial charge in [-0.05, 0) is 13.8 Å². The van der Waals surface area contributed by atoms with E-state index < -0.39 is 5.97 Å². The number of hydrogen-bond acceptors (Lipinski definition) is 5. The van der Waals surface area contributed by atoms with Gasteiger partial charge in [-0.15, -0.1) is 0 Å². The van der Waals surface area contributed by atoms with Crippen molar-refractivity contribution in [1.29, 1.82) is 0 Å². The van der Waals surface area contributed by atoms with Crippen molar-refractivity contribution in [3.63, 3.8) is 0 Å². The molecule has 0 atom stereocenters. The smallest absolute Gasteiger partial charge is 0.361 e. The predicted molar refractivity (Wildman–Crippen MR) is 47.0 cm³/mol. The van der Waals surface area contributed by atoms with Gasteiger partial charge in [-0.1, -0.05) is 0 Å². The number of aromatic nitrogens is 2. The average molecular weight is 181 g/mol. The van der Waals surface area contributed by atoms with Crippen LogP contribution in [0.25, 0.3) is 0 Å². The molecule has 5 heteroatoms. The van der Waals surface area contributed by atoms with Crippen molar-refractivity contribution in [2.45, 2.75) is 20.0 Å². The highest BCUT2D eigenvalue weighted by molar-refractivity contribution is 5.91. The SMILES string of the molecule is CC(C)OC(=O)c1nccnc1N. The van der Waals surface area contributed by atoms with Crippen LogP contribution in [0.3, 0.4) is 0 Å². The summed E-state index contributed by atoms with van der Waals surface area (Å²) in [6.07, 6.45) is 2.63. The van der Waals surface area contributed by atoms with Crippen molar-refractivity contribution in [2.24, 2.45) is 0 Å². The third-order valence-corrected chi connectivity index (χ3v) is 1.26. The zero-order valence-corrected chi connectivity index (χ0v) is 7.52. The van der Waals surface area contributed by atoms with Crippen LogP contribution in [0.5, 0.6) is 0 Å². The van der Waals surface area contributed by atoms with Crippen molar-refractivity contribution < 1.29 is 9.53 Å². The molecule has 2 N–H and O–H groups in total. The van der Waals surface area contributed by atoms with Gasteiger partial charge in [0.25, 0.3) is 0 Å². The van der Waals surface area contributed by atoms with Crippen LogP contribution in [0, 0.1) is 0 Å². The van der Waals surface area contributed by atoms with E-state index in [-0.39, 0.29) is 17.6 Å². The van der Waals surface area contributed by atoms with E-state index in [9.17, 15) is 4.79 Å². The Morgan fingerprint density at radius 2 is 2.08 bits per heavy atom. The van der Waals surface area contributed by atoms with Gasteiger partial charge in [0, 0.05) is 12.4 Å². The lowest BCUT2D eigenvalue weighted by atomic mass is 10.4. The fourth-order valence-electron chi connectivity index (χ4n) is 0.776. The molecule has 0 radical (unpaired) electrons. The third kappa shape index (κ3) is 2.40. The van der Waals surface area contributed by atoms with Crippen LogP contribution >= 0.6 is 0 Å². The molecule has 0 aromatic carbocycles. The van der Waals surface area contributed by atoms with Gasteiger partial charge in [0.1, 0.15) is 0 Å². The Hall–Kier alpha value is -1.65. The molecule has 5 nitrogen and oxygen atoms in total. The van der Waals surface area contributed by atoms with Gasteiger partial charge in [-0.2, -0.15) is 0 Å². The molecule has 0 bridgehead atoms. The summed E-state index contributed by atoms with van der Waals surface area (Å²) in [4.78, 5) is 18.8. The Bertz CT molecular complexity index is 312. The van der Waals surface area contributed by atoms with E-state index in [1.165, 1.54) is 12.4 Å². The quantitative estimate of drug-likeness (QED) is 0.677. The minimum absolute atomic E-state index is 0.0659. The highest BCUT2D eigenvalue weighted by Gasteiger charge is 2.14. The molecule has 0 aliphatic heterocycles. The summed E-state index contributed by atoms with van der Waals surface area (Å²) >= 11 is 0. The van der Waals surface area contributed by atoms with Gasteiger partial charge in [0.15, 0.2) is 11.5 Å². The molecule has 13 heavy (non-hydrogen) atoms. The number of hydrogen-bond donors (Lipinski definition) is 1. The van der Waals surface area contributed by atoms with E-state index in [4.69, 9.17) is 10.5 Å². The zero-order valence-electron chi connectivity index (χ0n) is 7.52. The second kappa shape index (κ2) is 3.84. The van der Waals surface area contributed by atoms with Gasteiger partial charge in [-0.25, -0.2) is 14.8 Å². The molecule has 0 unspecified atom stereocenters. The molecule has 1 heterocycles. The summed E-state index contributed by atoms with van der Waals surface area (Å²) in [7, 11) is 0. The normalized spacial score (nSPS) is 10.1. The van der Waals surface area contributed by atoms with Crippen molar-refractivity contribution in [3.05, 3.63) is 18.1 Å². The molecule has 0 spiro atoms. The third-order valence-electron chi connectivity index (χ3n) is 1.26. The standard InChI is InChI=1S/C8H11N3O2/c1-5(2)13-8(12)6-7(9)11-4-3-10-6/h3-5H,1-2H3,(H2,9,11). The summed E-state index contributed by atoms with van der Waals surface area (Å²) in [6, 6.07) is 0. The minimum Gasteiger partial charge on any atom is -0.458 e. The molecule has 0 aliphatic rings. The maximum absolute atomic E-state index is 11.3. The van der Waals surface area contributed by atoms with Crippen LogP contribution in [0.2, 0.25) is 0 Å². The lowest BCUT2D eigenvalue weighted by Crippen LogP contribution is -2.15. The van der Waals surface area contributed by atoms with Crippen molar-refractivity contribution >= 4 is 11.8 Å². The predicted octanol–water partition coefficient (Wildman–Crippen LogP) is 0.624. The summed E-state index contributed by atoms with van der Waals surface area (Å²) in [5.41, 5.74) is 5.49. The summed E-state index contributed by atoms with van der Waals surface area (Å²) in [6.45, 7) is 3.51. The van der Waals surface area contributed by atoms with Crippen LogP contribution in [0.1, 0.15) is 24.3 Å². The first-order chi connectivity index (χ1) is 6.11. The average Bonchev–Trinajstić information content (AvgIpc) is 2.03. The number of nitrogens with two attached hydrogens (primary N) is 1. The first kappa shape index (κ1) is 9.44. The van der Waals surface area contributed by atoms with E-state index in [0.29, 0.717) is 0 Å². The Morgan fingerprint density at radius 3 is 2.62 bits per heavy atom.